The van der Waals surface area contributed by atoms with Gasteiger partial charge >= 0.3 is 6.18 Å². The number of anilines is 1. The molecule has 22 heavy (non-hydrogen) atoms. The SMILES string of the molecule is Nc1cc(C(F)(F)F)ccc1Oc1ccc2ccccc2c1. The smallest absolute Gasteiger partial charge is 0.416 e. The van der Waals surface area contributed by atoms with Gasteiger partial charge in [0.2, 0.25) is 0 Å². The Balaban J connectivity index is 1.91. The molecule has 3 aromatic rings. The first-order chi connectivity index (χ1) is 10.4. The fraction of sp³-hybridized carbons (Fsp3) is 0.0588. The highest BCUT2D eigenvalue weighted by atomic mass is 19.4. The lowest BCUT2D eigenvalue weighted by Gasteiger charge is -2.12. The summed E-state index contributed by atoms with van der Waals surface area (Å²) < 4.78 is 43.4. The van der Waals surface area contributed by atoms with Crippen LogP contribution >= 0.6 is 0 Å². The summed E-state index contributed by atoms with van der Waals surface area (Å²) in [6, 6.07) is 16.2. The van der Waals surface area contributed by atoms with Gasteiger partial charge in [0.1, 0.15) is 11.5 Å². The number of halogens is 3. The topological polar surface area (TPSA) is 35.2 Å². The van der Waals surface area contributed by atoms with Gasteiger partial charge in [-0.25, -0.2) is 0 Å². The summed E-state index contributed by atoms with van der Waals surface area (Å²) in [5.74, 6) is 0.716. The summed E-state index contributed by atoms with van der Waals surface area (Å²) in [5.41, 5.74) is 4.81. The minimum Gasteiger partial charge on any atom is -0.455 e. The summed E-state index contributed by atoms with van der Waals surface area (Å²) in [6.07, 6.45) is -4.42. The van der Waals surface area contributed by atoms with Crippen LogP contribution in [0.4, 0.5) is 18.9 Å². The van der Waals surface area contributed by atoms with E-state index in [2.05, 4.69) is 0 Å². The number of nitrogen functional groups attached to an aromatic ring is 1. The Labute approximate surface area is 124 Å². The Morgan fingerprint density at radius 3 is 2.23 bits per heavy atom. The van der Waals surface area contributed by atoms with E-state index in [9.17, 15) is 13.2 Å². The van der Waals surface area contributed by atoms with Crippen molar-refractivity contribution < 1.29 is 17.9 Å². The lowest BCUT2D eigenvalue weighted by Crippen LogP contribution is -2.05. The minimum atomic E-state index is -4.42. The van der Waals surface area contributed by atoms with Crippen molar-refractivity contribution in [3.05, 3.63) is 66.2 Å². The molecule has 0 aliphatic carbocycles. The van der Waals surface area contributed by atoms with Gasteiger partial charge in [-0.1, -0.05) is 30.3 Å². The molecule has 0 aromatic heterocycles. The average Bonchev–Trinajstić information content (AvgIpc) is 2.48. The van der Waals surface area contributed by atoms with Crippen molar-refractivity contribution >= 4 is 16.5 Å². The largest absolute Gasteiger partial charge is 0.455 e. The molecule has 0 heterocycles. The van der Waals surface area contributed by atoms with E-state index in [1.54, 1.807) is 6.07 Å². The molecular formula is C17H12F3NO. The van der Waals surface area contributed by atoms with Gasteiger partial charge in [0.15, 0.2) is 0 Å². The Bertz CT molecular complexity index is 827. The third kappa shape index (κ3) is 2.83. The van der Waals surface area contributed by atoms with E-state index in [1.165, 1.54) is 6.07 Å². The van der Waals surface area contributed by atoms with Crippen molar-refractivity contribution in [1.82, 2.24) is 0 Å². The maximum Gasteiger partial charge on any atom is 0.416 e. The van der Waals surface area contributed by atoms with Gasteiger partial charge in [-0.15, -0.1) is 0 Å². The number of ether oxygens (including phenoxy) is 1. The highest BCUT2D eigenvalue weighted by Crippen LogP contribution is 2.35. The molecule has 0 unspecified atom stereocenters. The summed E-state index contributed by atoms with van der Waals surface area (Å²) in [5, 5.41) is 2.03. The van der Waals surface area contributed by atoms with Crippen LogP contribution < -0.4 is 10.5 Å². The molecule has 0 aliphatic heterocycles. The van der Waals surface area contributed by atoms with Crippen molar-refractivity contribution in [2.45, 2.75) is 6.18 Å². The predicted octanol–water partition coefficient (Wildman–Crippen LogP) is 5.23. The minimum absolute atomic E-state index is 0.0528. The van der Waals surface area contributed by atoms with Crippen molar-refractivity contribution in [1.29, 1.82) is 0 Å². The molecule has 0 radical (unpaired) electrons. The maximum absolute atomic E-state index is 12.6. The summed E-state index contributed by atoms with van der Waals surface area (Å²) >= 11 is 0. The van der Waals surface area contributed by atoms with Crippen LogP contribution in [0.3, 0.4) is 0 Å². The molecule has 0 amide bonds. The second-order valence-electron chi connectivity index (χ2n) is 4.86. The molecular weight excluding hydrogens is 291 g/mol. The Hall–Kier alpha value is -2.69. The molecule has 0 fully saturated rings. The van der Waals surface area contributed by atoms with E-state index in [4.69, 9.17) is 10.5 Å². The number of benzene rings is 3. The van der Waals surface area contributed by atoms with Crippen molar-refractivity contribution in [2.75, 3.05) is 5.73 Å². The first-order valence-corrected chi connectivity index (χ1v) is 6.57. The van der Waals surface area contributed by atoms with Crippen LogP contribution in [0.15, 0.2) is 60.7 Å². The Kier molecular flexibility index (Phi) is 3.41. The van der Waals surface area contributed by atoms with E-state index >= 15 is 0 Å². The van der Waals surface area contributed by atoms with Gasteiger partial charge in [0.05, 0.1) is 11.3 Å². The molecule has 112 valence electrons. The molecule has 0 saturated carbocycles. The predicted molar refractivity (Wildman–Crippen MR) is 79.9 cm³/mol. The van der Waals surface area contributed by atoms with Gasteiger partial charge < -0.3 is 10.5 Å². The van der Waals surface area contributed by atoms with E-state index in [-0.39, 0.29) is 11.4 Å². The van der Waals surface area contributed by atoms with Crippen LogP contribution in [0.5, 0.6) is 11.5 Å². The zero-order chi connectivity index (χ0) is 15.7. The molecule has 0 bridgehead atoms. The van der Waals surface area contributed by atoms with E-state index in [0.29, 0.717) is 5.75 Å². The molecule has 5 heteroatoms. The fourth-order valence-electron chi connectivity index (χ4n) is 2.18. The van der Waals surface area contributed by atoms with Crippen LogP contribution in [-0.2, 0) is 6.18 Å². The van der Waals surface area contributed by atoms with Gasteiger partial charge in [-0.2, -0.15) is 13.2 Å². The van der Waals surface area contributed by atoms with E-state index in [1.807, 2.05) is 36.4 Å². The number of rotatable bonds is 2. The first-order valence-electron chi connectivity index (χ1n) is 6.57. The first kappa shape index (κ1) is 14.3. The highest BCUT2D eigenvalue weighted by molar-refractivity contribution is 5.83. The zero-order valence-corrected chi connectivity index (χ0v) is 11.4. The quantitative estimate of drug-likeness (QED) is 0.658. The molecule has 0 aliphatic rings. The highest BCUT2D eigenvalue weighted by Gasteiger charge is 2.30. The number of hydrogen-bond acceptors (Lipinski definition) is 2. The number of hydrogen-bond donors (Lipinski definition) is 1. The van der Waals surface area contributed by atoms with Crippen LogP contribution in [0.25, 0.3) is 10.8 Å². The Morgan fingerprint density at radius 1 is 0.818 bits per heavy atom. The molecule has 3 aromatic carbocycles. The molecule has 0 spiro atoms. The molecule has 0 atom stereocenters. The third-order valence-corrected chi connectivity index (χ3v) is 3.29. The average molecular weight is 303 g/mol. The Morgan fingerprint density at radius 2 is 1.55 bits per heavy atom. The van der Waals surface area contributed by atoms with Gasteiger partial charge in [0, 0.05) is 0 Å². The van der Waals surface area contributed by atoms with E-state index in [0.717, 1.165) is 22.9 Å². The molecule has 3 rings (SSSR count). The zero-order valence-electron chi connectivity index (χ0n) is 11.4. The number of fused-ring (bicyclic) bond motifs is 1. The summed E-state index contributed by atoms with van der Waals surface area (Å²) in [4.78, 5) is 0. The molecule has 0 saturated heterocycles. The van der Waals surface area contributed by atoms with Crippen LogP contribution in [0.2, 0.25) is 0 Å². The van der Waals surface area contributed by atoms with Crippen LogP contribution in [0.1, 0.15) is 5.56 Å². The second-order valence-corrected chi connectivity index (χ2v) is 4.86. The molecule has 2 N–H and O–H groups in total. The molecule has 2 nitrogen and oxygen atoms in total. The summed E-state index contributed by atoms with van der Waals surface area (Å²) in [7, 11) is 0. The fourth-order valence-corrected chi connectivity index (χ4v) is 2.18. The van der Waals surface area contributed by atoms with Gasteiger partial charge in [-0.05, 0) is 41.1 Å². The normalized spacial score (nSPS) is 11.6. The monoisotopic (exact) mass is 303 g/mol. The summed E-state index contributed by atoms with van der Waals surface area (Å²) in [6.45, 7) is 0. The van der Waals surface area contributed by atoms with Crippen molar-refractivity contribution in [2.24, 2.45) is 0 Å². The number of alkyl halides is 3. The standard InChI is InChI=1S/C17H12F3NO/c18-17(19,20)13-6-8-16(15(21)10-13)22-14-7-5-11-3-1-2-4-12(11)9-14/h1-10H,21H2. The van der Waals surface area contributed by atoms with Crippen molar-refractivity contribution in [3.63, 3.8) is 0 Å². The van der Waals surface area contributed by atoms with Gasteiger partial charge in [0.25, 0.3) is 0 Å². The lowest BCUT2D eigenvalue weighted by atomic mass is 10.1. The number of nitrogens with two attached hydrogens (primary N) is 1. The van der Waals surface area contributed by atoms with E-state index < -0.39 is 11.7 Å². The lowest BCUT2D eigenvalue weighted by molar-refractivity contribution is -0.137. The third-order valence-electron chi connectivity index (χ3n) is 3.29. The van der Waals surface area contributed by atoms with Crippen LogP contribution in [0, 0.1) is 0 Å². The second kappa shape index (κ2) is 5.26. The van der Waals surface area contributed by atoms with Crippen LogP contribution in [-0.4, -0.2) is 0 Å². The van der Waals surface area contributed by atoms with Crippen molar-refractivity contribution in [3.8, 4) is 11.5 Å². The van der Waals surface area contributed by atoms with Gasteiger partial charge in [-0.3, -0.25) is 0 Å². The maximum atomic E-state index is 12.6.